The smallest absolute Gasteiger partial charge is 0.254 e. The van der Waals surface area contributed by atoms with Gasteiger partial charge in [0.2, 0.25) is 6.79 Å². The third-order valence-electron chi connectivity index (χ3n) is 4.08. The fourth-order valence-corrected chi connectivity index (χ4v) is 2.74. The number of carbonyl (C=O) groups is 1. The van der Waals surface area contributed by atoms with Crippen molar-refractivity contribution in [2.45, 2.75) is 6.54 Å². The van der Waals surface area contributed by atoms with Crippen LogP contribution in [-0.2, 0) is 6.54 Å². The maximum atomic E-state index is 12.2. The van der Waals surface area contributed by atoms with E-state index in [1.54, 1.807) is 29.2 Å². The Morgan fingerprint density at radius 3 is 2.89 bits per heavy atom. The van der Waals surface area contributed by atoms with E-state index in [2.05, 4.69) is 10.4 Å². The highest BCUT2D eigenvalue weighted by molar-refractivity contribution is 5.93. The Hall–Kier alpha value is -3.48. The van der Waals surface area contributed by atoms with Crippen LogP contribution >= 0.6 is 0 Å². The minimum Gasteiger partial charge on any atom is -0.492 e. The lowest BCUT2D eigenvalue weighted by atomic mass is 10.2. The second kappa shape index (κ2) is 7.82. The Labute approximate surface area is 156 Å². The van der Waals surface area contributed by atoms with Crippen molar-refractivity contribution in [3.8, 4) is 17.2 Å². The van der Waals surface area contributed by atoms with Gasteiger partial charge >= 0.3 is 0 Å². The largest absolute Gasteiger partial charge is 0.492 e. The molecule has 2 heterocycles. The summed E-state index contributed by atoms with van der Waals surface area (Å²) in [7, 11) is 0. The third kappa shape index (κ3) is 4.20. The van der Waals surface area contributed by atoms with Gasteiger partial charge in [-0.25, -0.2) is 0 Å². The molecular weight excluding hydrogens is 346 g/mol. The van der Waals surface area contributed by atoms with Gasteiger partial charge < -0.3 is 19.5 Å². The Balaban J connectivity index is 1.24. The molecule has 1 N–H and O–H groups in total. The topological polar surface area (TPSA) is 74.6 Å². The number of ether oxygens (including phenoxy) is 3. The number of hydrogen-bond acceptors (Lipinski definition) is 5. The van der Waals surface area contributed by atoms with E-state index in [1.807, 2.05) is 36.4 Å². The number of benzene rings is 2. The van der Waals surface area contributed by atoms with Gasteiger partial charge in [-0.2, -0.15) is 5.10 Å². The minimum atomic E-state index is -0.177. The Morgan fingerprint density at radius 1 is 1.15 bits per heavy atom. The molecule has 27 heavy (non-hydrogen) atoms. The summed E-state index contributed by atoms with van der Waals surface area (Å²) in [5.74, 6) is 1.87. The molecule has 4 rings (SSSR count). The zero-order valence-corrected chi connectivity index (χ0v) is 14.6. The first-order chi connectivity index (χ1) is 13.3. The van der Waals surface area contributed by atoms with Crippen LogP contribution in [0.2, 0.25) is 0 Å². The third-order valence-corrected chi connectivity index (χ3v) is 4.08. The lowest BCUT2D eigenvalue weighted by Gasteiger charge is -2.07. The van der Waals surface area contributed by atoms with Crippen LogP contribution in [0.3, 0.4) is 0 Å². The molecule has 1 aromatic heterocycles. The van der Waals surface area contributed by atoms with E-state index in [1.165, 1.54) is 0 Å². The number of aromatic nitrogens is 2. The second-order valence-corrected chi connectivity index (χ2v) is 6.03. The number of rotatable bonds is 7. The summed E-state index contributed by atoms with van der Waals surface area (Å²) in [6.07, 6.45) is 3.30. The van der Waals surface area contributed by atoms with E-state index in [0.29, 0.717) is 42.5 Å². The molecule has 1 amide bonds. The van der Waals surface area contributed by atoms with Crippen LogP contribution in [0.25, 0.3) is 0 Å². The molecular formula is C20H19N3O4. The van der Waals surface area contributed by atoms with Crippen LogP contribution in [0, 0.1) is 0 Å². The number of carbonyl (C=O) groups excluding carboxylic acids is 1. The van der Waals surface area contributed by atoms with Crippen molar-refractivity contribution < 1.29 is 19.0 Å². The average molecular weight is 365 g/mol. The van der Waals surface area contributed by atoms with Crippen LogP contribution in [0.15, 0.2) is 60.9 Å². The highest BCUT2D eigenvalue weighted by atomic mass is 16.7. The first-order valence-corrected chi connectivity index (χ1v) is 8.65. The fourth-order valence-electron chi connectivity index (χ4n) is 2.74. The molecule has 0 unspecified atom stereocenters. The van der Waals surface area contributed by atoms with Gasteiger partial charge in [0.05, 0.1) is 24.8 Å². The fraction of sp³-hybridized carbons (Fsp3) is 0.200. The van der Waals surface area contributed by atoms with E-state index in [9.17, 15) is 4.79 Å². The van der Waals surface area contributed by atoms with Gasteiger partial charge in [-0.3, -0.25) is 9.48 Å². The lowest BCUT2D eigenvalue weighted by Crippen LogP contribution is -2.27. The van der Waals surface area contributed by atoms with Gasteiger partial charge in [-0.05, 0) is 17.7 Å². The summed E-state index contributed by atoms with van der Waals surface area (Å²) < 4.78 is 17.9. The SMILES string of the molecule is O=C(NCCOc1ccc2c(c1)OCO2)c1cnn(Cc2ccccc2)c1. The average Bonchev–Trinajstić information content (AvgIpc) is 3.35. The number of nitrogens with one attached hydrogen (secondary N) is 1. The number of fused-ring (bicyclic) bond motifs is 1. The summed E-state index contributed by atoms with van der Waals surface area (Å²) in [6, 6.07) is 15.4. The molecule has 0 aliphatic carbocycles. The lowest BCUT2D eigenvalue weighted by molar-refractivity contribution is 0.0947. The quantitative estimate of drug-likeness (QED) is 0.651. The first kappa shape index (κ1) is 17.0. The normalized spacial score (nSPS) is 12.0. The van der Waals surface area contributed by atoms with Crippen molar-refractivity contribution in [3.05, 3.63) is 72.1 Å². The molecule has 3 aromatic rings. The highest BCUT2D eigenvalue weighted by Crippen LogP contribution is 2.34. The van der Waals surface area contributed by atoms with Crippen molar-refractivity contribution in [3.63, 3.8) is 0 Å². The molecule has 0 atom stereocenters. The first-order valence-electron chi connectivity index (χ1n) is 8.65. The van der Waals surface area contributed by atoms with Crippen molar-refractivity contribution in [1.82, 2.24) is 15.1 Å². The van der Waals surface area contributed by atoms with E-state index in [4.69, 9.17) is 14.2 Å². The van der Waals surface area contributed by atoms with Crippen LogP contribution in [0.4, 0.5) is 0 Å². The molecule has 0 spiro atoms. The van der Waals surface area contributed by atoms with Gasteiger partial charge in [-0.1, -0.05) is 30.3 Å². The van der Waals surface area contributed by atoms with Crippen molar-refractivity contribution in [2.24, 2.45) is 0 Å². The van der Waals surface area contributed by atoms with Crippen LogP contribution in [-0.4, -0.2) is 35.6 Å². The van der Waals surface area contributed by atoms with Gasteiger partial charge in [-0.15, -0.1) is 0 Å². The molecule has 7 nitrogen and oxygen atoms in total. The molecule has 2 aromatic carbocycles. The van der Waals surface area contributed by atoms with Gasteiger partial charge in [0, 0.05) is 12.3 Å². The number of amides is 1. The summed E-state index contributed by atoms with van der Waals surface area (Å²) in [4.78, 5) is 12.2. The number of hydrogen-bond donors (Lipinski definition) is 1. The van der Waals surface area contributed by atoms with E-state index in [0.717, 1.165) is 5.56 Å². The van der Waals surface area contributed by atoms with Crippen LogP contribution in [0.5, 0.6) is 17.2 Å². The van der Waals surface area contributed by atoms with Gasteiger partial charge in [0.15, 0.2) is 11.5 Å². The summed E-state index contributed by atoms with van der Waals surface area (Å²) in [6.45, 7) is 1.59. The van der Waals surface area contributed by atoms with Crippen molar-refractivity contribution in [1.29, 1.82) is 0 Å². The Bertz CT molecular complexity index is 924. The molecule has 0 radical (unpaired) electrons. The molecule has 0 fully saturated rings. The van der Waals surface area contributed by atoms with Gasteiger partial charge in [0.1, 0.15) is 12.4 Å². The molecule has 0 saturated heterocycles. The zero-order valence-electron chi connectivity index (χ0n) is 14.6. The monoisotopic (exact) mass is 365 g/mol. The second-order valence-electron chi connectivity index (χ2n) is 6.03. The predicted molar refractivity (Wildman–Crippen MR) is 98.2 cm³/mol. The van der Waals surface area contributed by atoms with Crippen LogP contribution < -0.4 is 19.5 Å². The maximum Gasteiger partial charge on any atom is 0.254 e. The van der Waals surface area contributed by atoms with E-state index < -0.39 is 0 Å². The zero-order chi connectivity index (χ0) is 18.5. The number of nitrogens with zero attached hydrogens (tertiary/aromatic N) is 2. The Kier molecular flexibility index (Phi) is 4.91. The highest BCUT2D eigenvalue weighted by Gasteiger charge is 2.14. The standard InChI is InChI=1S/C20H19N3O4/c24-20(16-11-22-23(13-16)12-15-4-2-1-3-5-15)21-8-9-25-17-6-7-18-19(10-17)27-14-26-18/h1-7,10-11,13H,8-9,12,14H2,(H,21,24). The van der Waals surface area contributed by atoms with E-state index >= 15 is 0 Å². The minimum absolute atomic E-state index is 0.177. The molecule has 1 aliphatic rings. The van der Waals surface area contributed by atoms with Crippen molar-refractivity contribution >= 4 is 5.91 Å². The maximum absolute atomic E-state index is 12.2. The summed E-state index contributed by atoms with van der Waals surface area (Å²) in [5, 5.41) is 7.07. The predicted octanol–water partition coefficient (Wildman–Crippen LogP) is 2.47. The molecule has 138 valence electrons. The van der Waals surface area contributed by atoms with Gasteiger partial charge in [0.25, 0.3) is 5.91 Å². The summed E-state index contributed by atoms with van der Waals surface area (Å²) >= 11 is 0. The molecule has 0 bridgehead atoms. The Morgan fingerprint density at radius 2 is 2.00 bits per heavy atom. The molecule has 7 heteroatoms. The molecule has 1 aliphatic heterocycles. The van der Waals surface area contributed by atoms with Crippen molar-refractivity contribution in [2.75, 3.05) is 19.9 Å². The van der Waals surface area contributed by atoms with Crippen LogP contribution in [0.1, 0.15) is 15.9 Å². The summed E-state index contributed by atoms with van der Waals surface area (Å²) in [5.41, 5.74) is 1.65. The van der Waals surface area contributed by atoms with E-state index in [-0.39, 0.29) is 12.7 Å². The molecule has 0 saturated carbocycles.